The van der Waals surface area contributed by atoms with Crippen molar-refractivity contribution in [3.05, 3.63) is 108 Å². The lowest BCUT2D eigenvalue weighted by Gasteiger charge is -2.22. The van der Waals surface area contributed by atoms with Crippen LogP contribution in [-0.4, -0.2) is 11.6 Å². The van der Waals surface area contributed by atoms with Crippen molar-refractivity contribution in [2.45, 2.75) is 13.2 Å². The predicted octanol–water partition coefficient (Wildman–Crippen LogP) is 5.02. The largest absolute Gasteiger partial charge is 0.489 e. The average molecular weight is 342 g/mol. The molecule has 3 heteroatoms. The van der Waals surface area contributed by atoms with E-state index in [0.29, 0.717) is 6.61 Å². The van der Waals surface area contributed by atoms with E-state index in [1.165, 1.54) is 11.1 Å². The van der Waals surface area contributed by atoms with Crippen LogP contribution in [0.2, 0.25) is 0 Å². The standard InChI is InChI=1S/C23H22N2O/c1-3-8-20(9-4-1)17-24-14-15-25(19-24)22-12-7-13-23(16-22)26-18-21-10-5-2-6-11-21/h1-16H,17-19H2. The maximum absolute atomic E-state index is 5.95. The smallest absolute Gasteiger partial charge is 0.121 e. The molecule has 0 unspecified atom stereocenters. The van der Waals surface area contributed by atoms with Crippen LogP contribution in [0, 0.1) is 0 Å². The van der Waals surface area contributed by atoms with Gasteiger partial charge in [-0.1, -0.05) is 66.7 Å². The first-order chi connectivity index (χ1) is 12.9. The van der Waals surface area contributed by atoms with Crippen LogP contribution in [0.15, 0.2) is 97.3 Å². The highest BCUT2D eigenvalue weighted by Gasteiger charge is 2.14. The molecule has 4 rings (SSSR count). The van der Waals surface area contributed by atoms with Crippen LogP contribution in [0.3, 0.4) is 0 Å². The van der Waals surface area contributed by atoms with Crippen LogP contribution in [-0.2, 0) is 13.2 Å². The van der Waals surface area contributed by atoms with Crippen LogP contribution in [0.4, 0.5) is 5.69 Å². The SMILES string of the molecule is C1=CN(c2cccc(OCc3ccccc3)c2)CN1Cc1ccccc1. The summed E-state index contributed by atoms with van der Waals surface area (Å²) in [5.74, 6) is 0.890. The lowest BCUT2D eigenvalue weighted by molar-refractivity contribution is 0.306. The Morgan fingerprint density at radius 3 is 2.23 bits per heavy atom. The molecule has 0 atom stereocenters. The van der Waals surface area contributed by atoms with E-state index >= 15 is 0 Å². The highest BCUT2D eigenvalue weighted by molar-refractivity contribution is 5.53. The average Bonchev–Trinajstić information content (AvgIpc) is 3.17. The van der Waals surface area contributed by atoms with Gasteiger partial charge in [0, 0.05) is 30.7 Å². The van der Waals surface area contributed by atoms with Gasteiger partial charge in [0.05, 0.1) is 6.67 Å². The van der Waals surface area contributed by atoms with Gasteiger partial charge < -0.3 is 14.5 Å². The number of anilines is 1. The van der Waals surface area contributed by atoms with Crippen molar-refractivity contribution in [3.8, 4) is 5.75 Å². The van der Waals surface area contributed by atoms with Gasteiger partial charge in [0.25, 0.3) is 0 Å². The molecule has 0 saturated carbocycles. The van der Waals surface area contributed by atoms with Gasteiger partial charge in [-0.05, 0) is 23.3 Å². The Morgan fingerprint density at radius 1 is 0.731 bits per heavy atom. The summed E-state index contributed by atoms with van der Waals surface area (Å²) in [4.78, 5) is 4.53. The van der Waals surface area contributed by atoms with Crippen molar-refractivity contribution in [1.82, 2.24) is 4.90 Å². The molecule has 0 aliphatic carbocycles. The van der Waals surface area contributed by atoms with Crippen molar-refractivity contribution in [2.75, 3.05) is 11.6 Å². The van der Waals surface area contributed by atoms with Gasteiger partial charge in [-0.2, -0.15) is 0 Å². The normalized spacial score (nSPS) is 13.2. The van der Waals surface area contributed by atoms with Crippen molar-refractivity contribution in [3.63, 3.8) is 0 Å². The third-order valence-electron chi connectivity index (χ3n) is 4.42. The molecular weight excluding hydrogens is 320 g/mol. The summed E-state index contributed by atoms with van der Waals surface area (Å²) >= 11 is 0. The molecule has 1 aliphatic rings. The van der Waals surface area contributed by atoms with Gasteiger partial charge in [0.15, 0.2) is 0 Å². The summed E-state index contributed by atoms with van der Waals surface area (Å²) in [5, 5.41) is 0. The zero-order valence-corrected chi connectivity index (χ0v) is 14.7. The van der Waals surface area contributed by atoms with Crippen molar-refractivity contribution in [1.29, 1.82) is 0 Å². The third-order valence-corrected chi connectivity index (χ3v) is 4.42. The molecule has 0 fully saturated rings. The minimum atomic E-state index is 0.584. The summed E-state index contributed by atoms with van der Waals surface area (Å²) in [5.41, 5.74) is 3.63. The summed E-state index contributed by atoms with van der Waals surface area (Å²) in [6.45, 7) is 2.34. The Morgan fingerprint density at radius 2 is 1.46 bits per heavy atom. The maximum atomic E-state index is 5.95. The van der Waals surface area contributed by atoms with Gasteiger partial charge in [-0.3, -0.25) is 0 Å². The van der Waals surface area contributed by atoms with E-state index in [2.05, 4.69) is 76.8 Å². The molecule has 130 valence electrons. The summed E-state index contributed by atoms with van der Waals surface area (Å²) < 4.78 is 5.95. The van der Waals surface area contributed by atoms with Gasteiger partial charge in [0.2, 0.25) is 0 Å². The molecule has 3 nitrogen and oxygen atoms in total. The van der Waals surface area contributed by atoms with E-state index in [0.717, 1.165) is 24.7 Å². The highest BCUT2D eigenvalue weighted by atomic mass is 16.5. The van der Waals surface area contributed by atoms with Gasteiger partial charge in [0.1, 0.15) is 12.4 Å². The fraction of sp³-hybridized carbons (Fsp3) is 0.130. The Hall–Kier alpha value is -3.20. The second kappa shape index (κ2) is 7.79. The molecule has 0 saturated heterocycles. The van der Waals surface area contributed by atoms with Crippen molar-refractivity contribution in [2.24, 2.45) is 0 Å². The number of hydrogen-bond acceptors (Lipinski definition) is 3. The van der Waals surface area contributed by atoms with E-state index in [9.17, 15) is 0 Å². The Bertz CT molecular complexity index is 862. The molecule has 0 aromatic heterocycles. The van der Waals surface area contributed by atoms with Gasteiger partial charge in [-0.25, -0.2) is 0 Å². The molecule has 0 amide bonds. The van der Waals surface area contributed by atoms with Crippen LogP contribution in [0.5, 0.6) is 5.75 Å². The molecule has 0 N–H and O–H groups in total. The number of hydrogen-bond donors (Lipinski definition) is 0. The topological polar surface area (TPSA) is 15.7 Å². The van der Waals surface area contributed by atoms with E-state index in [1.54, 1.807) is 0 Å². The predicted molar refractivity (Wildman–Crippen MR) is 106 cm³/mol. The molecule has 3 aromatic carbocycles. The minimum Gasteiger partial charge on any atom is -0.489 e. The quantitative estimate of drug-likeness (QED) is 0.626. The molecule has 1 aliphatic heterocycles. The summed E-state index contributed by atoms with van der Waals surface area (Å²) in [7, 11) is 0. The Kier molecular flexibility index (Phi) is 4.88. The van der Waals surface area contributed by atoms with Crippen LogP contribution in [0.1, 0.15) is 11.1 Å². The maximum Gasteiger partial charge on any atom is 0.121 e. The van der Waals surface area contributed by atoms with Crippen LogP contribution in [0.25, 0.3) is 0 Å². The zero-order chi connectivity index (χ0) is 17.6. The molecule has 1 heterocycles. The Balaban J connectivity index is 1.37. The molecule has 0 radical (unpaired) electrons. The highest BCUT2D eigenvalue weighted by Crippen LogP contribution is 2.25. The monoisotopic (exact) mass is 342 g/mol. The second-order valence-electron chi connectivity index (χ2n) is 6.41. The number of nitrogens with zero attached hydrogens (tertiary/aromatic N) is 2. The fourth-order valence-corrected chi connectivity index (χ4v) is 3.05. The van der Waals surface area contributed by atoms with Crippen molar-refractivity contribution < 1.29 is 4.74 Å². The minimum absolute atomic E-state index is 0.584. The van der Waals surface area contributed by atoms with Gasteiger partial charge in [-0.15, -0.1) is 0 Å². The first kappa shape index (κ1) is 16.3. The van der Waals surface area contributed by atoms with Crippen LogP contribution >= 0.6 is 0 Å². The second-order valence-corrected chi connectivity index (χ2v) is 6.41. The van der Waals surface area contributed by atoms with E-state index in [1.807, 2.05) is 30.3 Å². The van der Waals surface area contributed by atoms with Crippen LogP contribution < -0.4 is 9.64 Å². The lowest BCUT2D eigenvalue weighted by Crippen LogP contribution is -2.24. The summed E-state index contributed by atoms with van der Waals surface area (Å²) in [6, 6.07) is 29.0. The number of benzene rings is 3. The first-order valence-electron chi connectivity index (χ1n) is 8.86. The number of ether oxygens (including phenoxy) is 1. The fourth-order valence-electron chi connectivity index (χ4n) is 3.05. The van der Waals surface area contributed by atoms with Crippen molar-refractivity contribution >= 4 is 5.69 Å². The molecule has 0 bridgehead atoms. The van der Waals surface area contributed by atoms with Gasteiger partial charge >= 0.3 is 0 Å². The summed E-state index contributed by atoms with van der Waals surface area (Å²) in [6.07, 6.45) is 4.27. The van der Waals surface area contributed by atoms with E-state index in [4.69, 9.17) is 4.74 Å². The first-order valence-corrected chi connectivity index (χ1v) is 8.86. The molecule has 0 spiro atoms. The zero-order valence-electron chi connectivity index (χ0n) is 14.7. The Labute approximate surface area is 154 Å². The third kappa shape index (κ3) is 4.06. The molecular formula is C23H22N2O. The molecule has 3 aromatic rings. The molecule has 26 heavy (non-hydrogen) atoms. The number of rotatable bonds is 6. The van der Waals surface area contributed by atoms with E-state index in [-0.39, 0.29) is 0 Å². The lowest BCUT2D eigenvalue weighted by atomic mass is 10.2. The van der Waals surface area contributed by atoms with E-state index < -0.39 is 0 Å².